The Balaban J connectivity index is -0.0000000800. The molecule has 0 radical (unpaired) electrons. The molecule has 15 heavy (non-hydrogen) atoms. The van der Waals surface area contributed by atoms with E-state index in [0.717, 1.165) is 0 Å². The summed E-state index contributed by atoms with van der Waals surface area (Å²) in [4.78, 5) is 0. The van der Waals surface area contributed by atoms with Crippen molar-refractivity contribution in [3.8, 4) is 0 Å². The number of aliphatic hydroxyl groups is 2. The molecular formula is C6H15N2NaO4S2. The maximum atomic E-state index is 8.07. The molecule has 0 saturated heterocycles. The third-order valence-corrected chi connectivity index (χ3v) is 0.907. The van der Waals surface area contributed by atoms with Gasteiger partial charge in [0.05, 0.1) is 13.2 Å². The van der Waals surface area contributed by atoms with Crippen LogP contribution >= 0.6 is 24.4 Å². The standard InChI is InChI=1S/2C3H7NO2S.Na.H/c2*4-3(7)6-2-1-5;;/h2*5H,1-2H2,(H2,4,7);;/q;;+1;-1. The van der Waals surface area contributed by atoms with Crippen molar-refractivity contribution in [3.05, 3.63) is 0 Å². The molecule has 0 amide bonds. The molecule has 0 bridgehead atoms. The molecule has 0 aliphatic rings. The van der Waals surface area contributed by atoms with E-state index in [9.17, 15) is 0 Å². The Bertz CT molecular complexity index is 161. The zero-order chi connectivity index (χ0) is 11.4. The molecule has 86 valence electrons. The van der Waals surface area contributed by atoms with Crippen LogP contribution in [0.3, 0.4) is 0 Å². The fourth-order valence-corrected chi connectivity index (χ4v) is 0.459. The quantitative estimate of drug-likeness (QED) is 0.298. The second-order valence-electron chi connectivity index (χ2n) is 1.78. The monoisotopic (exact) mass is 266 g/mol. The van der Waals surface area contributed by atoms with E-state index in [4.69, 9.17) is 21.7 Å². The maximum Gasteiger partial charge on any atom is 1.00 e. The number of hydrogen-bond donors (Lipinski definition) is 4. The van der Waals surface area contributed by atoms with Gasteiger partial charge in [-0.05, 0) is 24.4 Å². The van der Waals surface area contributed by atoms with E-state index in [1.165, 1.54) is 0 Å². The molecule has 9 heteroatoms. The van der Waals surface area contributed by atoms with Gasteiger partial charge in [-0.1, -0.05) is 0 Å². The second-order valence-corrected chi connectivity index (χ2v) is 2.59. The smallest absolute Gasteiger partial charge is 1.00 e. The van der Waals surface area contributed by atoms with Gasteiger partial charge in [-0.15, -0.1) is 0 Å². The number of aliphatic hydroxyl groups excluding tert-OH is 2. The normalized spacial score (nSPS) is 7.60. The minimum Gasteiger partial charge on any atom is -1.00 e. The van der Waals surface area contributed by atoms with Crippen LogP contribution in [0, 0.1) is 0 Å². The van der Waals surface area contributed by atoms with E-state index >= 15 is 0 Å². The Morgan fingerprint density at radius 3 is 1.33 bits per heavy atom. The first kappa shape index (κ1) is 20.7. The summed E-state index contributed by atoms with van der Waals surface area (Å²) in [5.74, 6) is 0. The Morgan fingerprint density at radius 1 is 1.00 bits per heavy atom. The average Bonchev–Trinajstić information content (AvgIpc) is 2.12. The summed E-state index contributed by atoms with van der Waals surface area (Å²) < 4.78 is 8.90. The number of nitrogens with two attached hydrogens (primary N) is 2. The van der Waals surface area contributed by atoms with Crippen molar-refractivity contribution in [2.75, 3.05) is 26.4 Å². The third kappa shape index (κ3) is 31.4. The minimum atomic E-state index is -0.0443. The van der Waals surface area contributed by atoms with Crippen molar-refractivity contribution in [2.45, 2.75) is 0 Å². The van der Waals surface area contributed by atoms with Crippen LogP contribution in [0.1, 0.15) is 1.43 Å². The molecule has 0 aromatic rings. The van der Waals surface area contributed by atoms with Gasteiger partial charge in [0, 0.05) is 0 Å². The first-order valence-electron chi connectivity index (χ1n) is 3.60. The summed E-state index contributed by atoms with van der Waals surface area (Å²) in [6.45, 7) is 0.291. The summed E-state index contributed by atoms with van der Waals surface area (Å²) in [7, 11) is 0. The molecule has 0 rings (SSSR count). The summed E-state index contributed by atoms with van der Waals surface area (Å²) >= 11 is 8.61. The van der Waals surface area contributed by atoms with Crippen LogP contribution in [0.2, 0.25) is 0 Å². The second kappa shape index (κ2) is 16.7. The fraction of sp³-hybridized carbons (Fsp3) is 0.667. The van der Waals surface area contributed by atoms with E-state index in [1.807, 2.05) is 0 Å². The summed E-state index contributed by atoms with van der Waals surface area (Å²) in [5, 5.41) is 16.1. The van der Waals surface area contributed by atoms with Crippen LogP contribution in [0.4, 0.5) is 0 Å². The van der Waals surface area contributed by atoms with Crippen molar-refractivity contribution in [1.82, 2.24) is 0 Å². The van der Waals surface area contributed by atoms with E-state index in [-0.39, 0.29) is 67.8 Å². The van der Waals surface area contributed by atoms with Gasteiger partial charge in [0.15, 0.2) is 0 Å². The van der Waals surface area contributed by atoms with Crippen LogP contribution in [0.25, 0.3) is 0 Å². The number of rotatable bonds is 4. The Kier molecular flexibility index (Phi) is 23.1. The van der Waals surface area contributed by atoms with Crippen LogP contribution in [0.15, 0.2) is 0 Å². The van der Waals surface area contributed by atoms with Gasteiger partial charge in [-0.2, -0.15) is 0 Å². The van der Waals surface area contributed by atoms with Gasteiger partial charge < -0.3 is 32.6 Å². The summed E-state index contributed by atoms with van der Waals surface area (Å²) in [5.41, 5.74) is 9.75. The van der Waals surface area contributed by atoms with Gasteiger partial charge in [0.1, 0.15) is 13.2 Å². The molecule has 0 unspecified atom stereocenters. The van der Waals surface area contributed by atoms with Crippen LogP contribution in [-0.2, 0) is 9.47 Å². The third-order valence-electron chi connectivity index (χ3n) is 0.671. The van der Waals surface area contributed by atoms with Crippen LogP contribution in [-0.4, -0.2) is 47.0 Å². The SMILES string of the molecule is NC(=S)OCCO.NC(=S)OCCO.[H-].[Na+]. The molecule has 0 aromatic carbocycles. The van der Waals surface area contributed by atoms with Crippen molar-refractivity contribution in [2.24, 2.45) is 11.5 Å². The summed E-state index contributed by atoms with van der Waals surface area (Å²) in [6.07, 6.45) is 0. The molecule has 0 aliphatic carbocycles. The Morgan fingerprint density at radius 2 is 1.27 bits per heavy atom. The number of ether oxygens (including phenoxy) is 2. The molecule has 0 saturated carbocycles. The molecule has 0 aliphatic heterocycles. The van der Waals surface area contributed by atoms with Crippen molar-refractivity contribution >= 4 is 34.8 Å². The van der Waals surface area contributed by atoms with E-state index in [2.05, 4.69) is 33.9 Å². The van der Waals surface area contributed by atoms with E-state index < -0.39 is 0 Å². The van der Waals surface area contributed by atoms with Gasteiger partial charge in [-0.3, -0.25) is 0 Å². The predicted octanol–water partition coefficient (Wildman–Crippen LogP) is -4.41. The first-order chi connectivity index (χ1) is 6.54. The average molecular weight is 266 g/mol. The first-order valence-corrected chi connectivity index (χ1v) is 4.42. The van der Waals surface area contributed by atoms with E-state index in [1.54, 1.807) is 0 Å². The van der Waals surface area contributed by atoms with Crippen molar-refractivity contribution < 1.29 is 50.7 Å². The Hall–Kier alpha value is 0.300. The molecule has 6 nitrogen and oxygen atoms in total. The molecule has 0 atom stereocenters. The molecule has 0 fully saturated rings. The van der Waals surface area contributed by atoms with E-state index in [0.29, 0.717) is 0 Å². The predicted molar refractivity (Wildman–Crippen MR) is 60.8 cm³/mol. The maximum absolute atomic E-state index is 8.07. The van der Waals surface area contributed by atoms with Gasteiger partial charge in [0.25, 0.3) is 10.3 Å². The van der Waals surface area contributed by atoms with Crippen molar-refractivity contribution in [1.29, 1.82) is 0 Å². The topological polar surface area (TPSA) is 111 Å². The Labute approximate surface area is 123 Å². The number of thiocarbonyl (C=S) groups is 2. The van der Waals surface area contributed by atoms with Crippen LogP contribution < -0.4 is 41.0 Å². The number of hydrogen-bond acceptors (Lipinski definition) is 6. The van der Waals surface area contributed by atoms with Crippen LogP contribution in [0.5, 0.6) is 0 Å². The van der Waals surface area contributed by atoms with Gasteiger partial charge in [0.2, 0.25) is 0 Å². The largest absolute Gasteiger partial charge is 1.00 e. The molecule has 0 heterocycles. The van der Waals surface area contributed by atoms with Gasteiger partial charge >= 0.3 is 29.6 Å². The molecule has 0 aromatic heterocycles. The summed E-state index contributed by atoms with van der Waals surface area (Å²) in [6, 6.07) is 0. The zero-order valence-corrected chi connectivity index (χ0v) is 12.1. The molecular weight excluding hydrogens is 251 g/mol. The molecule has 0 spiro atoms. The zero-order valence-electron chi connectivity index (χ0n) is 9.51. The molecule has 6 N–H and O–H groups in total. The fourth-order valence-electron chi connectivity index (χ4n) is 0.292. The van der Waals surface area contributed by atoms with Gasteiger partial charge in [-0.25, -0.2) is 0 Å². The minimum absolute atomic E-state index is 0. The van der Waals surface area contributed by atoms with Crippen molar-refractivity contribution in [3.63, 3.8) is 0 Å².